The maximum atomic E-state index is 12.3. The molecule has 3 heterocycles. The minimum Gasteiger partial charge on any atom is -0.497 e. The number of H-pyrrole nitrogens is 1. The molecule has 0 saturated carbocycles. The zero-order valence-electron chi connectivity index (χ0n) is 20.7. The first-order valence-electron chi connectivity index (χ1n) is 12.5. The Morgan fingerprint density at radius 1 is 0.914 bits per heavy atom. The molecule has 5 rings (SSSR count). The number of nitrogens with one attached hydrogen (secondary N) is 1. The van der Waals surface area contributed by atoms with Crippen molar-refractivity contribution in [2.24, 2.45) is 0 Å². The maximum Gasteiger partial charge on any atom is 0.255 e. The van der Waals surface area contributed by atoms with Crippen molar-refractivity contribution in [1.82, 2.24) is 14.5 Å². The molecule has 0 atom stereocenters. The highest BCUT2D eigenvalue weighted by Gasteiger charge is 2.17. The lowest BCUT2D eigenvalue weighted by atomic mass is 10.1. The molecule has 0 radical (unpaired) electrons. The molecule has 2 aromatic carbocycles. The number of benzene rings is 2. The Kier molecular flexibility index (Phi) is 6.91. The molecule has 1 N–H and O–H groups in total. The quantitative estimate of drug-likeness (QED) is 0.377. The average molecular weight is 471 g/mol. The molecule has 1 aliphatic heterocycles. The number of pyridine rings is 1. The Balaban J connectivity index is 1.09. The molecule has 0 bridgehead atoms. The molecule has 182 valence electrons. The highest BCUT2D eigenvalue weighted by molar-refractivity contribution is 5.84. The van der Waals surface area contributed by atoms with Gasteiger partial charge in [-0.1, -0.05) is 0 Å². The van der Waals surface area contributed by atoms with Crippen LogP contribution in [0.5, 0.6) is 5.75 Å². The molecule has 0 unspecified atom stereocenters. The molecule has 1 saturated heterocycles. The topological polar surface area (TPSA) is 53.5 Å². The van der Waals surface area contributed by atoms with Crippen LogP contribution in [0.1, 0.15) is 24.0 Å². The van der Waals surface area contributed by atoms with Gasteiger partial charge in [-0.05, 0) is 92.4 Å². The summed E-state index contributed by atoms with van der Waals surface area (Å²) in [5.74, 6) is 0.912. The van der Waals surface area contributed by atoms with Crippen LogP contribution in [0.3, 0.4) is 0 Å². The van der Waals surface area contributed by atoms with E-state index in [-0.39, 0.29) is 5.56 Å². The van der Waals surface area contributed by atoms with E-state index in [9.17, 15) is 4.79 Å². The number of nitrogens with zero attached hydrogens (tertiary/aromatic N) is 3. The number of anilines is 1. The van der Waals surface area contributed by atoms with E-state index in [1.165, 1.54) is 35.0 Å². The summed E-state index contributed by atoms with van der Waals surface area (Å²) >= 11 is 0. The molecule has 0 spiro atoms. The average Bonchev–Trinajstić information content (AvgIpc) is 3.29. The second-order valence-electron chi connectivity index (χ2n) is 9.44. The summed E-state index contributed by atoms with van der Waals surface area (Å²) in [4.78, 5) is 20.7. The van der Waals surface area contributed by atoms with Gasteiger partial charge in [0.25, 0.3) is 5.56 Å². The normalized spacial score (nSPS) is 14.5. The monoisotopic (exact) mass is 470 g/mol. The smallest absolute Gasteiger partial charge is 0.255 e. The number of aryl methyl sites for hydroxylation is 2. The van der Waals surface area contributed by atoms with Crippen molar-refractivity contribution in [1.29, 1.82) is 0 Å². The van der Waals surface area contributed by atoms with Crippen LogP contribution in [0.25, 0.3) is 16.6 Å². The van der Waals surface area contributed by atoms with E-state index in [4.69, 9.17) is 4.74 Å². The molecule has 0 aliphatic carbocycles. The van der Waals surface area contributed by atoms with Crippen molar-refractivity contribution >= 4 is 16.6 Å². The van der Waals surface area contributed by atoms with E-state index >= 15 is 0 Å². The van der Waals surface area contributed by atoms with Gasteiger partial charge in [-0.15, -0.1) is 0 Å². The van der Waals surface area contributed by atoms with Gasteiger partial charge < -0.3 is 14.6 Å². The Hall–Kier alpha value is -3.51. The van der Waals surface area contributed by atoms with E-state index < -0.39 is 0 Å². The van der Waals surface area contributed by atoms with E-state index in [1.54, 1.807) is 17.7 Å². The molecule has 35 heavy (non-hydrogen) atoms. The molecule has 6 heteroatoms. The third-order valence-corrected chi connectivity index (χ3v) is 7.09. The Morgan fingerprint density at radius 2 is 1.69 bits per heavy atom. The second-order valence-corrected chi connectivity index (χ2v) is 9.44. The van der Waals surface area contributed by atoms with Crippen LogP contribution < -0.4 is 15.2 Å². The van der Waals surface area contributed by atoms with Crippen LogP contribution in [-0.4, -0.2) is 54.3 Å². The molecular formula is C29H34N4O2. The number of methoxy groups -OCH3 is 1. The number of aromatic nitrogens is 2. The summed E-state index contributed by atoms with van der Waals surface area (Å²) in [5.41, 5.74) is 5.68. The van der Waals surface area contributed by atoms with Gasteiger partial charge in [0.05, 0.1) is 7.11 Å². The van der Waals surface area contributed by atoms with Crippen LogP contribution >= 0.6 is 0 Å². The number of rotatable bonds is 8. The number of fused-ring (bicyclic) bond motifs is 1. The Morgan fingerprint density at radius 3 is 2.43 bits per heavy atom. The van der Waals surface area contributed by atoms with Crippen LogP contribution in [0, 0.1) is 6.92 Å². The van der Waals surface area contributed by atoms with Crippen LogP contribution in [0.2, 0.25) is 0 Å². The predicted molar refractivity (Wildman–Crippen MR) is 143 cm³/mol. The number of hydrogen-bond acceptors (Lipinski definition) is 4. The standard InChI is InChI=1S/C29H34N4O2/c1-22-12-14-33(29(34)19-22)25-8-6-24(7-9-25)32-17-15-31(16-18-32)13-4-3-5-23-21-30-28-11-10-26(35-2)20-27(23)28/h6-12,14,19-21,30H,3-5,13,15-18H2,1-2H3. The van der Waals surface area contributed by atoms with Crippen molar-refractivity contribution in [3.63, 3.8) is 0 Å². The van der Waals surface area contributed by atoms with Gasteiger partial charge in [0.15, 0.2) is 0 Å². The third kappa shape index (κ3) is 5.28. The van der Waals surface area contributed by atoms with Crippen LogP contribution in [0.4, 0.5) is 5.69 Å². The van der Waals surface area contributed by atoms with E-state index in [0.717, 1.165) is 56.1 Å². The van der Waals surface area contributed by atoms with Gasteiger partial charge in [0.1, 0.15) is 5.75 Å². The molecule has 6 nitrogen and oxygen atoms in total. The SMILES string of the molecule is COc1ccc2[nH]cc(CCCCN3CCN(c4ccc(-n5ccc(C)cc5=O)cc4)CC3)c2c1. The van der Waals surface area contributed by atoms with Crippen LogP contribution in [0.15, 0.2) is 71.8 Å². The molecule has 0 amide bonds. The summed E-state index contributed by atoms with van der Waals surface area (Å²) in [6.45, 7) is 7.33. The molecular weight excluding hydrogens is 436 g/mol. The van der Waals surface area contributed by atoms with Crippen molar-refractivity contribution in [3.05, 3.63) is 88.5 Å². The Labute approximate surface area is 206 Å². The van der Waals surface area contributed by atoms with E-state index in [2.05, 4.69) is 45.2 Å². The van der Waals surface area contributed by atoms with Crippen molar-refractivity contribution in [2.45, 2.75) is 26.2 Å². The maximum absolute atomic E-state index is 12.3. The number of unbranched alkanes of at least 4 members (excludes halogenated alkanes) is 1. The second kappa shape index (κ2) is 10.4. The fourth-order valence-electron chi connectivity index (χ4n) is 4.99. The largest absolute Gasteiger partial charge is 0.497 e. The van der Waals surface area contributed by atoms with Gasteiger partial charge in [-0.2, -0.15) is 0 Å². The van der Waals surface area contributed by atoms with Crippen molar-refractivity contribution in [2.75, 3.05) is 44.7 Å². The zero-order valence-corrected chi connectivity index (χ0v) is 20.7. The van der Waals surface area contributed by atoms with Crippen LogP contribution in [-0.2, 0) is 6.42 Å². The highest BCUT2D eigenvalue weighted by atomic mass is 16.5. The van der Waals surface area contributed by atoms with Gasteiger partial charge in [-0.25, -0.2) is 0 Å². The number of aromatic amines is 1. The first-order chi connectivity index (χ1) is 17.1. The minimum absolute atomic E-state index is 0.00999. The molecule has 1 fully saturated rings. The Bertz CT molecular complexity index is 1330. The lowest BCUT2D eigenvalue weighted by Crippen LogP contribution is -2.46. The molecule has 1 aliphatic rings. The number of piperazine rings is 1. The summed E-state index contributed by atoms with van der Waals surface area (Å²) in [5, 5.41) is 1.27. The van der Waals surface area contributed by atoms with Gasteiger partial charge >= 0.3 is 0 Å². The first kappa shape index (κ1) is 23.2. The predicted octanol–water partition coefficient (Wildman–Crippen LogP) is 4.78. The van der Waals surface area contributed by atoms with Gasteiger partial charge in [0, 0.05) is 66.9 Å². The zero-order chi connectivity index (χ0) is 24.2. The molecule has 4 aromatic rings. The van der Waals surface area contributed by atoms with E-state index in [1.807, 2.05) is 37.4 Å². The summed E-state index contributed by atoms with van der Waals surface area (Å²) in [6.07, 6.45) is 7.47. The lowest BCUT2D eigenvalue weighted by Gasteiger charge is -2.36. The fraction of sp³-hybridized carbons (Fsp3) is 0.345. The van der Waals surface area contributed by atoms with Crippen molar-refractivity contribution in [3.8, 4) is 11.4 Å². The van der Waals surface area contributed by atoms with Gasteiger partial charge in [-0.3, -0.25) is 14.3 Å². The number of hydrogen-bond donors (Lipinski definition) is 1. The van der Waals surface area contributed by atoms with Gasteiger partial charge in [0.2, 0.25) is 0 Å². The first-order valence-corrected chi connectivity index (χ1v) is 12.5. The summed E-state index contributed by atoms with van der Waals surface area (Å²) < 4.78 is 7.08. The van der Waals surface area contributed by atoms with Crippen molar-refractivity contribution < 1.29 is 4.74 Å². The third-order valence-electron chi connectivity index (χ3n) is 7.09. The summed E-state index contributed by atoms with van der Waals surface area (Å²) in [6, 6.07) is 18.2. The molecule has 2 aromatic heterocycles. The fourth-order valence-corrected chi connectivity index (χ4v) is 4.99. The highest BCUT2D eigenvalue weighted by Crippen LogP contribution is 2.25. The lowest BCUT2D eigenvalue weighted by molar-refractivity contribution is 0.253. The summed E-state index contributed by atoms with van der Waals surface area (Å²) in [7, 11) is 1.72. The minimum atomic E-state index is 0.00999. The number of ether oxygens (including phenoxy) is 1. The van der Waals surface area contributed by atoms with E-state index in [0.29, 0.717) is 0 Å².